The number of aromatic nitrogens is 4. The van der Waals surface area contributed by atoms with Gasteiger partial charge in [-0.2, -0.15) is 5.10 Å². The molecule has 0 radical (unpaired) electrons. The number of aryl methyl sites for hydroxylation is 1. The van der Waals surface area contributed by atoms with Crippen molar-refractivity contribution < 1.29 is 19.0 Å². The summed E-state index contributed by atoms with van der Waals surface area (Å²) in [6.45, 7) is 4.31. The van der Waals surface area contributed by atoms with Crippen molar-refractivity contribution in [1.82, 2.24) is 24.6 Å². The molecular weight excluding hydrogens is 412 g/mol. The number of carbonyl (C=O) groups excluding carboxylic acids is 1. The Balaban J connectivity index is 1.49. The maximum atomic E-state index is 13.2. The molecule has 0 atom stereocenters. The molecule has 4 rings (SSSR count). The van der Waals surface area contributed by atoms with Crippen LogP contribution < -0.4 is 19.1 Å². The fraction of sp³-hybridized carbons (Fsp3) is 0.364. The number of amides is 1. The first kappa shape index (κ1) is 21.4. The highest BCUT2D eigenvalue weighted by atomic mass is 16.5. The lowest BCUT2D eigenvalue weighted by atomic mass is 10.1. The summed E-state index contributed by atoms with van der Waals surface area (Å²) in [5.74, 6) is 3.50. The maximum Gasteiger partial charge on any atom is 0.254 e. The van der Waals surface area contributed by atoms with E-state index in [9.17, 15) is 4.79 Å². The topological polar surface area (TPSA) is 94.8 Å². The van der Waals surface area contributed by atoms with Crippen molar-refractivity contribution in [1.29, 1.82) is 0 Å². The number of hydrogen-bond donors (Lipinski definition) is 0. The molecule has 1 aliphatic rings. The minimum absolute atomic E-state index is 0.0833. The van der Waals surface area contributed by atoms with Gasteiger partial charge in [-0.3, -0.25) is 4.79 Å². The largest absolute Gasteiger partial charge is 0.493 e. The van der Waals surface area contributed by atoms with E-state index in [-0.39, 0.29) is 5.91 Å². The van der Waals surface area contributed by atoms with E-state index < -0.39 is 0 Å². The van der Waals surface area contributed by atoms with E-state index in [0.29, 0.717) is 60.6 Å². The van der Waals surface area contributed by atoms with E-state index in [1.54, 1.807) is 23.0 Å². The molecule has 10 heteroatoms. The van der Waals surface area contributed by atoms with Gasteiger partial charge in [0.2, 0.25) is 5.75 Å². The van der Waals surface area contributed by atoms with Gasteiger partial charge < -0.3 is 24.0 Å². The Hall–Kier alpha value is -3.82. The highest BCUT2D eigenvalue weighted by molar-refractivity contribution is 5.95. The minimum Gasteiger partial charge on any atom is -0.493 e. The van der Waals surface area contributed by atoms with Crippen molar-refractivity contribution in [2.45, 2.75) is 6.92 Å². The Morgan fingerprint density at radius 2 is 1.56 bits per heavy atom. The minimum atomic E-state index is -0.0833. The van der Waals surface area contributed by atoms with Gasteiger partial charge in [0.25, 0.3) is 5.91 Å². The van der Waals surface area contributed by atoms with Gasteiger partial charge in [-0.05, 0) is 25.1 Å². The number of nitrogens with zero attached hydrogens (tertiary/aromatic N) is 6. The van der Waals surface area contributed by atoms with Gasteiger partial charge in [0.15, 0.2) is 17.3 Å². The second kappa shape index (κ2) is 9.13. The van der Waals surface area contributed by atoms with Gasteiger partial charge in [0.1, 0.15) is 11.6 Å². The third-order valence-corrected chi connectivity index (χ3v) is 5.35. The van der Waals surface area contributed by atoms with Crippen LogP contribution >= 0.6 is 0 Å². The molecule has 32 heavy (non-hydrogen) atoms. The molecule has 0 unspecified atom stereocenters. The summed E-state index contributed by atoms with van der Waals surface area (Å²) in [5, 5.41) is 4.25. The third kappa shape index (κ3) is 4.16. The van der Waals surface area contributed by atoms with Crippen molar-refractivity contribution >= 4 is 11.7 Å². The summed E-state index contributed by atoms with van der Waals surface area (Å²) in [6.07, 6.45) is 3.56. The quantitative estimate of drug-likeness (QED) is 0.577. The van der Waals surface area contributed by atoms with Crippen LogP contribution in [0.5, 0.6) is 17.2 Å². The fourth-order valence-electron chi connectivity index (χ4n) is 3.75. The molecule has 2 aromatic heterocycles. The van der Waals surface area contributed by atoms with E-state index in [1.807, 2.05) is 30.2 Å². The van der Waals surface area contributed by atoms with Gasteiger partial charge in [-0.25, -0.2) is 14.6 Å². The van der Waals surface area contributed by atoms with Gasteiger partial charge in [-0.1, -0.05) is 0 Å². The van der Waals surface area contributed by atoms with E-state index in [1.165, 1.54) is 21.3 Å². The monoisotopic (exact) mass is 438 g/mol. The first-order valence-corrected chi connectivity index (χ1v) is 10.2. The standard InChI is InChI=1S/C22H26N6O4/c1-15-24-19(14-20(25-15)28-7-5-6-23-28)26-8-10-27(11-9-26)22(29)16-12-17(30-2)21(32-4)18(13-16)31-3/h5-7,12-14H,8-11H2,1-4H3. The molecule has 10 nitrogen and oxygen atoms in total. The number of hydrogen-bond acceptors (Lipinski definition) is 8. The lowest BCUT2D eigenvalue weighted by Crippen LogP contribution is -2.49. The summed E-state index contributed by atoms with van der Waals surface area (Å²) in [4.78, 5) is 26.2. The zero-order chi connectivity index (χ0) is 22.7. The molecule has 168 valence electrons. The second-order valence-corrected chi connectivity index (χ2v) is 7.28. The predicted molar refractivity (Wildman–Crippen MR) is 118 cm³/mol. The maximum absolute atomic E-state index is 13.2. The van der Waals surface area contributed by atoms with Crippen LogP contribution in [0.25, 0.3) is 5.82 Å². The van der Waals surface area contributed by atoms with Gasteiger partial charge >= 0.3 is 0 Å². The summed E-state index contributed by atoms with van der Waals surface area (Å²) in [7, 11) is 4.60. The molecule has 0 bridgehead atoms. The van der Waals surface area contributed by atoms with Gasteiger partial charge in [0.05, 0.1) is 21.3 Å². The van der Waals surface area contributed by atoms with E-state index >= 15 is 0 Å². The predicted octanol–water partition coefficient (Wildman–Crippen LogP) is 1.96. The second-order valence-electron chi connectivity index (χ2n) is 7.28. The molecular formula is C22H26N6O4. The number of anilines is 1. The summed E-state index contributed by atoms with van der Waals surface area (Å²) in [5.41, 5.74) is 0.492. The first-order chi connectivity index (χ1) is 15.5. The number of ether oxygens (including phenoxy) is 3. The molecule has 1 saturated heterocycles. The highest BCUT2D eigenvalue weighted by Gasteiger charge is 2.25. The van der Waals surface area contributed by atoms with E-state index in [2.05, 4.69) is 20.0 Å². The molecule has 0 saturated carbocycles. The van der Waals surface area contributed by atoms with Crippen LogP contribution in [0, 0.1) is 6.92 Å². The Bertz CT molecular complexity index is 1070. The lowest BCUT2D eigenvalue weighted by molar-refractivity contribution is 0.0745. The molecule has 1 amide bonds. The van der Waals surface area contributed by atoms with Gasteiger partial charge in [0, 0.05) is 50.2 Å². The average molecular weight is 438 g/mol. The van der Waals surface area contributed by atoms with Gasteiger partial charge in [-0.15, -0.1) is 0 Å². The number of methoxy groups -OCH3 is 3. The molecule has 0 N–H and O–H groups in total. The molecule has 0 aliphatic carbocycles. The van der Waals surface area contributed by atoms with Crippen molar-refractivity contribution in [2.75, 3.05) is 52.4 Å². The average Bonchev–Trinajstić information content (AvgIpc) is 3.37. The number of piperazine rings is 1. The van der Waals surface area contributed by atoms with Crippen LogP contribution in [-0.4, -0.2) is 78.1 Å². The van der Waals surface area contributed by atoms with Crippen LogP contribution in [0.3, 0.4) is 0 Å². The summed E-state index contributed by atoms with van der Waals surface area (Å²) >= 11 is 0. The molecule has 1 aliphatic heterocycles. The van der Waals surface area contributed by atoms with Crippen LogP contribution in [-0.2, 0) is 0 Å². The molecule has 1 aromatic carbocycles. The highest BCUT2D eigenvalue weighted by Crippen LogP contribution is 2.38. The fourth-order valence-corrected chi connectivity index (χ4v) is 3.75. The van der Waals surface area contributed by atoms with Crippen molar-refractivity contribution in [3.05, 3.63) is 48.0 Å². The Kier molecular flexibility index (Phi) is 6.11. The van der Waals surface area contributed by atoms with Crippen LogP contribution in [0.2, 0.25) is 0 Å². The number of rotatable bonds is 6. The van der Waals surface area contributed by atoms with Crippen molar-refractivity contribution in [3.63, 3.8) is 0 Å². The van der Waals surface area contributed by atoms with Crippen molar-refractivity contribution in [2.24, 2.45) is 0 Å². The Labute approximate surface area is 186 Å². The Morgan fingerprint density at radius 1 is 0.906 bits per heavy atom. The number of benzene rings is 1. The van der Waals surface area contributed by atoms with Crippen LogP contribution in [0.15, 0.2) is 36.7 Å². The third-order valence-electron chi connectivity index (χ3n) is 5.35. The van der Waals surface area contributed by atoms with Crippen LogP contribution in [0.4, 0.5) is 5.82 Å². The molecule has 1 fully saturated rings. The van der Waals surface area contributed by atoms with E-state index in [0.717, 1.165) is 5.82 Å². The normalized spacial score (nSPS) is 13.8. The van der Waals surface area contributed by atoms with Crippen molar-refractivity contribution in [3.8, 4) is 23.1 Å². The Morgan fingerprint density at radius 3 is 2.12 bits per heavy atom. The first-order valence-electron chi connectivity index (χ1n) is 10.2. The zero-order valence-electron chi connectivity index (χ0n) is 18.6. The molecule has 0 spiro atoms. The molecule has 3 aromatic rings. The SMILES string of the molecule is COc1cc(C(=O)N2CCN(c3cc(-n4cccn4)nc(C)n3)CC2)cc(OC)c1OC. The number of carbonyl (C=O) groups is 1. The van der Waals surface area contributed by atoms with Crippen LogP contribution in [0.1, 0.15) is 16.2 Å². The summed E-state index contributed by atoms with van der Waals surface area (Å²) < 4.78 is 17.8. The zero-order valence-corrected chi connectivity index (χ0v) is 18.6. The lowest BCUT2D eigenvalue weighted by Gasteiger charge is -2.35. The summed E-state index contributed by atoms with van der Waals surface area (Å²) in [6, 6.07) is 7.13. The molecule has 3 heterocycles. The van der Waals surface area contributed by atoms with E-state index in [4.69, 9.17) is 14.2 Å². The smallest absolute Gasteiger partial charge is 0.254 e.